The number of likely N-dealkylation sites (tertiary alicyclic amines) is 1. The van der Waals surface area contributed by atoms with E-state index in [1.54, 1.807) is 30.6 Å². The minimum atomic E-state index is -1.32. The molecule has 0 spiro atoms. The molecule has 1 aliphatic rings. The number of hydrogen-bond acceptors (Lipinski definition) is 5. The van der Waals surface area contributed by atoms with E-state index in [2.05, 4.69) is 29.2 Å². The third kappa shape index (κ3) is 5.59. The number of aromatic nitrogens is 4. The second kappa shape index (κ2) is 11.2. The molecule has 1 aliphatic heterocycles. The van der Waals surface area contributed by atoms with Crippen molar-refractivity contribution in [3.05, 3.63) is 100 Å². The summed E-state index contributed by atoms with van der Waals surface area (Å²) in [5, 5.41) is 7.25. The van der Waals surface area contributed by atoms with E-state index < -0.39 is 30.1 Å². The fourth-order valence-corrected chi connectivity index (χ4v) is 4.91. The third-order valence-electron chi connectivity index (χ3n) is 7.09. The number of aryl methyl sites for hydroxylation is 1. The number of halogens is 1. The van der Waals surface area contributed by atoms with Crippen LogP contribution in [0.1, 0.15) is 55.5 Å². The summed E-state index contributed by atoms with van der Waals surface area (Å²) in [6, 6.07) is 17.0. The number of hydrogen-bond donors (Lipinski definition) is 1. The fraction of sp³-hybridized carbons (Fsp3) is 0.345. The van der Waals surface area contributed by atoms with Crippen molar-refractivity contribution in [3.63, 3.8) is 0 Å². The molecule has 1 N–H and O–H groups in total. The van der Waals surface area contributed by atoms with Gasteiger partial charge in [0.2, 0.25) is 11.8 Å². The van der Waals surface area contributed by atoms with Gasteiger partial charge in [-0.05, 0) is 35.2 Å². The Morgan fingerprint density at radius 1 is 1.05 bits per heavy atom. The van der Waals surface area contributed by atoms with Gasteiger partial charge in [-0.2, -0.15) is 0 Å². The highest BCUT2D eigenvalue weighted by Crippen LogP contribution is 2.26. The zero-order valence-electron chi connectivity index (χ0n) is 21.9. The van der Waals surface area contributed by atoms with Crippen molar-refractivity contribution in [1.29, 1.82) is 0 Å². The molecule has 9 nitrogen and oxygen atoms in total. The number of fused-ring (bicyclic) bond motifs is 1. The molecule has 3 aromatic heterocycles. The number of benzene rings is 1. The van der Waals surface area contributed by atoms with E-state index in [4.69, 9.17) is 0 Å². The Balaban J connectivity index is 1.32. The molecule has 4 aromatic rings. The van der Waals surface area contributed by atoms with E-state index in [9.17, 15) is 18.8 Å². The standard InChI is InChI=1S/C29H31FN6O3/c1-19(2)21-11-12-23(31-17-21)27(20-8-4-3-5-9-20)32-28(38)24-16-22(30)18-35(24)26(37)13-15-36-29(39)34-14-7-6-10-25(34)33-36/h3-12,14,17,19,22,24,27H,13,15-16,18H2,1-2H3,(H,32,38)/t22-,24+,27+/m1/s1. The summed E-state index contributed by atoms with van der Waals surface area (Å²) in [4.78, 5) is 45.1. The van der Waals surface area contributed by atoms with Crippen LogP contribution in [0.3, 0.4) is 0 Å². The van der Waals surface area contributed by atoms with Crippen molar-refractivity contribution in [2.75, 3.05) is 6.54 Å². The number of nitrogens with one attached hydrogen (secondary N) is 1. The Morgan fingerprint density at radius 3 is 2.51 bits per heavy atom. The Hall–Kier alpha value is -4.34. The molecule has 1 aromatic carbocycles. The molecule has 5 rings (SSSR count). The third-order valence-corrected chi connectivity index (χ3v) is 7.09. The highest BCUT2D eigenvalue weighted by atomic mass is 19.1. The summed E-state index contributed by atoms with van der Waals surface area (Å²) >= 11 is 0. The molecule has 0 unspecified atom stereocenters. The quantitative estimate of drug-likeness (QED) is 0.377. The van der Waals surface area contributed by atoms with Gasteiger partial charge in [0.1, 0.15) is 12.2 Å². The first-order chi connectivity index (χ1) is 18.8. The van der Waals surface area contributed by atoms with Gasteiger partial charge in [-0.15, -0.1) is 5.10 Å². The average molecular weight is 531 g/mol. The molecule has 0 radical (unpaired) electrons. The van der Waals surface area contributed by atoms with Crippen molar-refractivity contribution < 1.29 is 14.0 Å². The average Bonchev–Trinajstić information content (AvgIpc) is 3.50. The second-order valence-electron chi connectivity index (χ2n) is 10.1. The maximum atomic E-state index is 14.6. The minimum Gasteiger partial charge on any atom is -0.342 e. The molecule has 202 valence electrons. The van der Waals surface area contributed by atoms with Crippen LogP contribution in [0.4, 0.5) is 4.39 Å². The van der Waals surface area contributed by atoms with E-state index in [0.717, 1.165) is 11.1 Å². The summed E-state index contributed by atoms with van der Waals surface area (Å²) < 4.78 is 17.2. The Bertz CT molecular complexity index is 1520. The predicted octanol–water partition coefficient (Wildman–Crippen LogP) is 3.25. The summed E-state index contributed by atoms with van der Waals surface area (Å²) in [6.07, 6.45) is 1.91. The van der Waals surface area contributed by atoms with Crippen LogP contribution >= 0.6 is 0 Å². The van der Waals surface area contributed by atoms with Crippen molar-refractivity contribution >= 4 is 17.5 Å². The fourth-order valence-electron chi connectivity index (χ4n) is 4.91. The monoisotopic (exact) mass is 530 g/mol. The lowest BCUT2D eigenvalue weighted by atomic mass is 10.00. The Morgan fingerprint density at radius 2 is 1.82 bits per heavy atom. The zero-order chi connectivity index (χ0) is 27.5. The summed E-state index contributed by atoms with van der Waals surface area (Å²) in [7, 11) is 0. The summed E-state index contributed by atoms with van der Waals surface area (Å²) in [5.74, 6) is -0.542. The molecule has 0 saturated carbocycles. The number of carbonyl (C=O) groups excluding carboxylic acids is 2. The minimum absolute atomic E-state index is 0.0277. The van der Waals surface area contributed by atoms with Crippen LogP contribution in [0, 0.1) is 0 Å². The number of amides is 2. The first-order valence-corrected chi connectivity index (χ1v) is 13.1. The van der Waals surface area contributed by atoms with Gasteiger partial charge in [0.15, 0.2) is 5.65 Å². The van der Waals surface area contributed by atoms with Gasteiger partial charge >= 0.3 is 5.69 Å². The maximum absolute atomic E-state index is 14.6. The highest BCUT2D eigenvalue weighted by molar-refractivity contribution is 5.88. The summed E-state index contributed by atoms with van der Waals surface area (Å²) in [6.45, 7) is 4.02. The van der Waals surface area contributed by atoms with Crippen LogP contribution in [-0.2, 0) is 16.1 Å². The van der Waals surface area contributed by atoms with E-state index in [1.807, 2.05) is 42.5 Å². The zero-order valence-corrected chi connectivity index (χ0v) is 21.9. The topological polar surface area (TPSA) is 102 Å². The van der Waals surface area contributed by atoms with E-state index in [1.165, 1.54) is 14.0 Å². The van der Waals surface area contributed by atoms with Crippen molar-refractivity contribution in [3.8, 4) is 0 Å². The first-order valence-electron chi connectivity index (χ1n) is 13.1. The normalized spacial score (nSPS) is 18.0. The lowest BCUT2D eigenvalue weighted by Crippen LogP contribution is -2.47. The smallest absolute Gasteiger partial charge is 0.342 e. The van der Waals surface area contributed by atoms with Crippen molar-refractivity contribution in [2.45, 2.75) is 57.4 Å². The van der Waals surface area contributed by atoms with Crippen LogP contribution < -0.4 is 11.0 Å². The molecule has 1 saturated heterocycles. The van der Waals surface area contributed by atoms with Gasteiger partial charge in [0.25, 0.3) is 0 Å². The van der Waals surface area contributed by atoms with Crippen LogP contribution in [0.15, 0.2) is 77.9 Å². The number of pyridine rings is 2. The van der Waals surface area contributed by atoms with Gasteiger partial charge in [0, 0.05) is 25.2 Å². The molecule has 39 heavy (non-hydrogen) atoms. The van der Waals surface area contributed by atoms with E-state index in [0.29, 0.717) is 17.3 Å². The van der Waals surface area contributed by atoms with Crippen LogP contribution in [0.25, 0.3) is 5.65 Å². The van der Waals surface area contributed by atoms with Gasteiger partial charge in [-0.25, -0.2) is 13.9 Å². The van der Waals surface area contributed by atoms with Crippen molar-refractivity contribution in [1.82, 2.24) is 29.4 Å². The van der Waals surface area contributed by atoms with Crippen LogP contribution in [0.5, 0.6) is 0 Å². The largest absolute Gasteiger partial charge is 0.350 e. The SMILES string of the molecule is CC(C)c1ccc([C@@H](NC(=O)[C@@H]2C[C@@H](F)CN2C(=O)CCn2nc3ccccn3c2=O)c2ccccc2)nc1. The number of rotatable bonds is 8. The van der Waals surface area contributed by atoms with E-state index in [-0.39, 0.29) is 31.6 Å². The van der Waals surface area contributed by atoms with Gasteiger partial charge in [-0.1, -0.05) is 56.3 Å². The molecular formula is C29H31FN6O3. The number of carbonyl (C=O) groups is 2. The highest BCUT2D eigenvalue weighted by Gasteiger charge is 2.40. The molecule has 10 heteroatoms. The second-order valence-corrected chi connectivity index (χ2v) is 10.1. The molecule has 3 atom stereocenters. The predicted molar refractivity (Wildman–Crippen MR) is 144 cm³/mol. The molecule has 0 aliphatic carbocycles. The van der Waals surface area contributed by atoms with Gasteiger partial charge < -0.3 is 10.2 Å². The molecule has 0 bridgehead atoms. The Labute approximate surface area is 225 Å². The van der Waals surface area contributed by atoms with Gasteiger partial charge in [-0.3, -0.25) is 19.0 Å². The number of alkyl halides is 1. The van der Waals surface area contributed by atoms with Crippen LogP contribution in [-0.4, -0.2) is 54.6 Å². The van der Waals surface area contributed by atoms with Gasteiger partial charge in [0.05, 0.1) is 24.8 Å². The lowest BCUT2D eigenvalue weighted by Gasteiger charge is -2.26. The molecular weight excluding hydrogens is 499 g/mol. The molecule has 2 amide bonds. The molecule has 1 fully saturated rings. The molecule has 4 heterocycles. The summed E-state index contributed by atoms with van der Waals surface area (Å²) in [5.41, 5.74) is 2.67. The van der Waals surface area contributed by atoms with Crippen LogP contribution in [0.2, 0.25) is 0 Å². The maximum Gasteiger partial charge on any atom is 0.350 e. The Kier molecular flexibility index (Phi) is 7.53. The lowest BCUT2D eigenvalue weighted by molar-refractivity contribution is -0.138. The van der Waals surface area contributed by atoms with Crippen molar-refractivity contribution in [2.24, 2.45) is 0 Å². The first kappa shape index (κ1) is 26.3. The number of nitrogens with zero attached hydrogens (tertiary/aromatic N) is 5. The van der Waals surface area contributed by atoms with E-state index >= 15 is 0 Å².